The SMILES string of the molecule is CC(C)c1cc(Cl)cc(/C=C/CN)c1. The van der Waals surface area contributed by atoms with Gasteiger partial charge in [0.25, 0.3) is 0 Å². The van der Waals surface area contributed by atoms with Crippen molar-refractivity contribution in [2.45, 2.75) is 19.8 Å². The van der Waals surface area contributed by atoms with Gasteiger partial charge in [0.2, 0.25) is 0 Å². The maximum absolute atomic E-state index is 6.01. The Balaban J connectivity index is 3.01. The predicted octanol–water partition coefficient (Wildman–Crippen LogP) is 3.44. The van der Waals surface area contributed by atoms with Gasteiger partial charge in [-0.2, -0.15) is 0 Å². The molecule has 76 valence electrons. The predicted molar refractivity (Wildman–Crippen MR) is 63.6 cm³/mol. The van der Waals surface area contributed by atoms with Crippen LogP contribution in [0.1, 0.15) is 30.9 Å². The lowest BCUT2D eigenvalue weighted by atomic mass is 10.0. The first-order valence-electron chi connectivity index (χ1n) is 4.80. The van der Waals surface area contributed by atoms with Gasteiger partial charge in [-0.3, -0.25) is 0 Å². The van der Waals surface area contributed by atoms with E-state index >= 15 is 0 Å². The third kappa shape index (κ3) is 3.17. The van der Waals surface area contributed by atoms with Crippen molar-refractivity contribution in [2.75, 3.05) is 6.54 Å². The average Bonchev–Trinajstić information content (AvgIpc) is 2.14. The molecule has 14 heavy (non-hydrogen) atoms. The van der Waals surface area contributed by atoms with Gasteiger partial charge in [-0.15, -0.1) is 0 Å². The van der Waals surface area contributed by atoms with Gasteiger partial charge < -0.3 is 5.73 Å². The summed E-state index contributed by atoms with van der Waals surface area (Å²) in [6, 6.07) is 6.09. The lowest BCUT2D eigenvalue weighted by molar-refractivity contribution is 0.866. The summed E-state index contributed by atoms with van der Waals surface area (Å²) < 4.78 is 0. The van der Waals surface area contributed by atoms with Gasteiger partial charge in [-0.1, -0.05) is 43.7 Å². The van der Waals surface area contributed by atoms with E-state index in [0.717, 1.165) is 10.6 Å². The van der Waals surface area contributed by atoms with E-state index in [9.17, 15) is 0 Å². The summed E-state index contributed by atoms with van der Waals surface area (Å²) in [6.07, 6.45) is 3.92. The van der Waals surface area contributed by atoms with Crippen molar-refractivity contribution in [3.05, 3.63) is 40.4 Å². The summed E-state index contributed by atoms with van der Waals surface area (Å²) in [5.41, 5.74) is 7.77. The lowest BCUT2D eigenvalue weighted by Gasteiger charge is -2.07. The van der Waals surface area contributed by atoms with E-state index in [1.54, 1.807) is 0 Å². The summed E-state index contributed by atoms with van der Waals surface area (Å²) in [5, 5.41) is 0.785. The lowest BCUT2D eigenvalue weighted by Crippen LogP contribution is -1.92. The summed E-state index contributed by atoms with van der Waals surface area (Å²) in [5.74, 6) is 0.499. The zero-order valence-corrected chi connectivity index (χ0v) is 9.38. The summed E-state index contributed by atoms with van der Waals surface area (Å²) in [4.78, 5) is 0. The van der Waals surface area contributed by atoms with Crippen LogP contribution in [0.3, 0.4) is 0 Å². The zero-order chi connectivity index (χ0) is 10.6. The van der Waals surface area contributed by atoms with Crippen LogP contribution in [-0.2, 0) is 0 Å². The first kappa shape index (κ1) is 11.3. The minimum absolute atomic E-state index is 0.499. The number of benzene rings is 1. The average molecular weight is 210 g/mol. The number of hydrogen-bond acceptors (Lipinski definition) is 1. The molecule has 0 saturated carbocycles. The quantitative estimate of drug-likeness (QED) is 0.811. The highest BCUT2D eigenvalue weighted by Gasteiger charge is 2.01. The van der Waals surface area contributed by atoms with Gasteiger partial charge in [0.15, 0.2) is 0 Å². The maximum atomic E-state index is 6.01. The van der Waals surface area contributed by atoms with Crippen molar-refractivity contribution < 1.29 is 0 Å². The molecule has 1 nitrogen and oxygen atoms in total. The highest BCUT2D eigenvalue weighted by Crippen LogP contribution is 2.22. The molecule has 1 aromatic carbocycles. The molecule has 0 aromatic heterocycles. The summed E-state index contributed by atoms with van der Waals surface area (Å²) in [6.45, 7) is 4.87. The molecule has 2 N–H and O–H groups in total. The van der Waals surface area contributed by atoms with Crippen LogP contribution in [0.2, 0.25) is 5.02 Å². The Kier molecular flexibility index (Phi) is 4.18. The van der Waals surface area contributed by atoms with Gasteiger partial charge in [0.1, 0.15) is 0 Å². The molecule has 0 spiro atoms. The van der Waals surface area contributed by atoms with Crippen LogP contribution in [0.25, 0.3) is 6.08 Å². The molecular weight excluding hydrogens is 194 g/mol. The molecule has 0 atom stereocenters. The van der Waals surface area contributed by atoms with E-state index < -0.39 is 0 Å². The van der Waals surface area contributed by atoms with Crippen molar-refractivity contribution in [1.82, 2.24) is 0 Å². The Morgan fingerprint density at radius 3 is 2.64 bits per heavy atom. The molecule has 0 heterocycles. The normalized spacial score (nSPS) is 11.5. The van der Waals surface area contributed by atoms with Crippen LogP contribution in [0.15, 0.2) is 24.3 Å². The van der Waals surface area contributed by atoms with Gasteiger partial charge >= 0.3 is 0 Å². The molecule has 0 radical (unpaired) electrons. The van der Waals surface area contributed by atoms with E-state index in [0.29, 0.717) is 12.5 Å². The second-order valence-electron chi connectivity index (χ2n) is 3.61. The third-order valence-corrected chi connectivity index (χ3v) is 2.27. The van der Waals surface area contributed by atoms with Crippen LogP contribution in [0.4, 0.5) is 0 Å². The Morgan fingerprint density at radius 1 is 1.36 bits per heavy atom. The molecule has 2 heteroatoms. The fourth-order valence-electron chi connectivity index (χ4n) is 1.27. The number of halogens is 1. The van der Waals surface area contributed by atoms with Crippen molar-refractivity contribution in [2.24, 2.45) is 5.73 Å². The maximum Gasteiger partial charge on any atom is 0.0414 e. The molecule has 0 aliphatic heterocycles. The minimum Gasteiger partial charge on any atom is -0.327 e. The van der Waals surface area contributed by atoms with Crippen molar-refractivity contribution in [1.29, 1.82) is 0 Å². The van der Waals surface area contributed by atoms with Crippen molar-refractivity contribution in [3.8, 4) is 0 Å². The summed E-state index contributed by atoms with van der Waals surface area (Å²) in [7, 11) is 0. The van der Waals surface area contributed by atoms with Gasteiger partial charge in [0, 0.05) is 11.6 Å². The third-order valence-electron chi connectivity index (χ3n) is 2.06. The number of rotatable bonds is 3. The molecule has 0 aliphatic carbocycles. The van der Waals surface area contributed by atoms with Crippen LogP contribution in [0, 0.1) is 0 Å². The van der Waals surface area contributed by atoms with E-state index in [1.165, 1.54) is 5.56 Å². The number of nitrogens with two attached hydrogens (primary N) is 1. The van der Waals surface area contributed by atoms with E-state index in [2.05, 4.69) is 19.9 Å². The Bertz CT molecular complexity index is 329. The highest BCUT2D eigenvalue weighted by molar-refractivity contribution is 6.30. The Morgan fingerprint density at radius 2 is 2.07 bits per heavy atom. The molecule has 0 aliphatic rings. The molecule has 0 saturated heterocycles. The standard InChI is InChI=1S/C12H16ClN/c1-9(2)11-6-10(4-3-5-14)7-12(13)8-11/h3-4,6-9H,5,14H2,1-2H3/b4-3+. The monoisotopic (exact) mass is 209 g/mol. The molecule has 1 aromatic rings. The van der Waals surface area contributed by atoms with Crippen LogP contribution < -0.4 is 5.73 Å². The topological polar surface area (TPSA) is 26.0 Å². The molecule has 0 amide bonds. The molecule has 0 fully saturated rings. The fourth-order valence-corrected chi connectivity index (χ4v) is 1.52. The largest absolute Gasteiger partial charge is 0.327 e. The fraction of sp³-hybridized carbons (Fsp3) is 0.333. The van der Waals surface area contributed by atoms with E-state index in [4.69, 9.17) is 17.3 Å². The van der Waals surface area contributed by atoms with Crippen LogP contribution in [0.5, 0.6) is 0 Å². The first-order valence-corrected chi connectivity index (χ1v) is 5.18. The van der Waals surface area contributed by atoms with Crippen LogP contribution in [-0.4, -0.2) is 6.54 Å². The minimum atomic E-state index is 0.499. The molecular formula is C12H16ClN. The highest BCUT2D eigenvalue weighted by atomic mass is 35.5. The van der Waals surface area contributed by atoms with Gasteiger partial charge in [-0.05, 0) is 29.2 Å². The Hall–Kier alpha value is -0.790. The second kappa shape index (κ2) is 5.18. The smallest absolute Gasteiger partial charge is 0.0414 e. The molecule has 1 rings (SSSR count). The zero-order valence-electron chi connectivity index (χ0n) is 8.63. The van der Waals surface area contributed by atoms with Gasteiger partial charge in [0.05, 0.1) is 0 Å². The molecule has 0 unspecified atom stereocenters. The van der Waals surface area contributed by atoms with E-state index in [1.807, 2.05) is 24.3 Å². The van der Waals surface area contributed by atoms with Crippen molar-refractivity contribution in [3.63, 3.8) is 0 Å². The summed E-state index contributed by atoms with van der Waals surface area (Å²) >= 11 is 6.01. The van der Waals surface area contributed by atoms with Crippen molar-refractivity contribution >= 4 is 17.7 Å². The van der Waals surface area contributed by atoms with E-state index in [-0.39, 0.29) is 0 Å². The Labute approximate surface area is 90.6 Å². The first-order chi connectivity index (χ1) is 6.63. The number of hydrogen-bond donors (Lipinski definition) is 1. The molecule has 0 bridgehead atoms. The second-order valence-corrected chi connectivity index (χ2v) is 4.05. The van der Waals surface area contributed by atoms with Gasteiger partial charge in [-0.25, -0.2) is 0 Å². The van der Waals surface area contributed by atoms with Crippen LogP contribution >= 0.6 is 11.6 Å².